The van der Waals surface area contributed by atoms with Gasteiger partial charge in [-0.05, 0) is 59.7 Å². The minimum Gasteiger partial charge on any atom is -0.461 e. The molecule has 0 radical (unpaired) electrons. The van der Waals surface area contributed by atoms with Crippen LogP contribution in [-0.2, 0) is 14.3 Å². The lowest BCUT2D eigenvalue weighted by Crippen LogP contribution is -2.48. The second-order valence-corrected chi connectivity index (χ2v) is 6.17. The van der Waals surface area contributed by atoms with Gasteiger partial charge in [0, 0.05) is 3.57 Å². The minimum atomic E-state index is -3.90. The Morgan fingerprint density at radius 3 is 2.23 bits per heavy atom. The van der Waals surface area contributed by atoms with Crippen LogP contribution in [0.4, 0.5) is 8.78 Å². The number of hydrogen-bond donors (Lipinski definition) is 0. The summed E-state index contributed by atoms with van der Waals surface area (Å²) in [5.41, 5.74) is 0.144. The van der Waals surface area contributed by atoms with Gasteiger partial charge in [-0.25, -0.2) is 9.59 Å². The number of ether oxygens (including phenoxy) is 2. The van der Waals surface area contributed by atoms with Crippen LogP contribution in [0.5, 0.6) is 0 Å². The van der Waals surface area contributed by atoms with Gasteiger partial charge in [-0.3, -0.25) is 0 Å². The van der Waals surface area contributed by atoms with Gasteiger partial charge in [0.15, 0.2) is 6.10 Å². The molecule has 0 fully saturated rings. The molecule has 7 heteroatoms. The Balaban J connectivity index is 2.94. The molecule has 0 aromatic heterocycles. The molecule has 0 bridgehead atoms. The molecule has 1 atom stereocenters. The van der Waals surface area contributed by atoms with Crippen LogP contribution in [0.15, 0.2) is 24.3 Å². The normalized spacial score (nSPS) is 12.9. The molecule has 0 saturated heterocycles. The van der Waals surface area contributed by atoms with E-state index in [0.717, 1.165) is 3.57 Å². The molecule has 0 N–H and O–H groups in total. The molecule has 0 aliphatic heterocycles. The van der Waals surface area contributed by atoms with E-state index in [2.05, 4.69) is 27.3 Å². The predicted molar refractivity (Wildman–Crippen MR) is 84.8 cm³/mol. The van der Waals surface area contributed by atoms with Gasteiger partial charge in [-0.1, -0.05) is 13.8 Å². The van der Waals surface area contributed by atoms with Crippen molar-refractivity contribution in [2.45, 2.75) is 32.8 Å². The van der Waals surface area contributed by atoms with Crippen molar-refractivity contribution in [3.8, 4) is 0 Å². The van der Waals surface area contributed by atoms with Crippen LogP contribution in [0.2, 0.25) is 0 Å². The van der Waals surface area contributed by atoms with Crippen molar-refractivity contribution < 1.29 is 27.8 Å². The van der Waals surface area contributed by atoms with E-state index in [1.54, 1.807) is 12.1 Å². The number of alkyl halides is 2. The van der Waals surface area contributed by atoms with E-state index in [0.29, 0.717) is 0 Å². The largest absolute Gasteiger partial charge is 0.461 e. The minimum absolute atomic E-state index is 0.144. The Bertz CT molecular complexity index is 529. The van der Waals surface area contributed by atoms with Crippen molar-refractivity contribution in [1.82, 2.24) is 0 Å². The van der Waals surface area contributed by atoms with Crippen molar-refractivity contribution in [2.24, 2.45) is 5.92 Å². The lowest BCUT2D eigenvalue weighted by atomic mass is 10.0. The lowest BCUT2D eigenvalue weighted by molar-refractivity contribution is -0.192. The summed E-state index contributed by atoms with van der Waals surface area (Å²) in [5, 5.41) is 0. The van der Waals surface area contributed by atoms with Crippen molar-refractivity contribution in [2.75, 3.05) is 6.61 Å². The fraction of sp³-hybridized carbons (Fsp3) is 0.467. The summed E-state index contributed by atoms with van der Waals surface area (Å²) < 4.78 is 38.3. The van der Waals surface area contributed by atoms with Gasteiger partial charge in [0.2, 0.25) is 0 Å². The Labute approximate surface area is 141 Å². The molecule has 0 saturated carbocycles. The molecule has 1 aromatic carbocycles. The standard InChI is InChI=1S/C15H17F2IO4/c1-4-21-14(20)15(16,17)12(9(2)3)22-13(19)10-5-7-11(18)8-6-10/h5-9,12H,4H2,1-3H3. The molecular weight excluding hydrogens is 409 g/mol. The van der Waals surface area contributed by atoms with E-state index in [1.165, 1.54) is 32.9 Å². The van der Waals surface area contributed by atoms with Gasteiger partial charge in [0.1, 0.15) is 0 Å². The predicted octanol–water partition coefficient (Wildman–Crippen LogP) is 3.67. The van der Waals surface area contributed by atoms with Gasteiger partial charge in [-0.15, -0.1) is 0 Å². The third-order valence-corrected chi connectivity index (χ3v) is 3.54. The average molecular weight is 426 g/mol. The number of carbonyl (C=O) groups excluding carboxylic acids is 2. The molecular formula is C15H17F2IO4. The van der Waals surface area contributed by atoms with Crippen LogP contribution < -0.4 is 0 Å². The number of rotatable bonds is 6. The highest BCUT2D eigenvalue weighted by molar-refractivity contribution is 14.1. The first-order valence-electron chi connectivity index (χ1n) is 6.71. The summed E-state index contributed by atoms with van der Waals surface area (Å²) >= 11 is 2.05. The molecule has 0 amide bonds. The van der Waals surface area contributed by atoms with Crippen molar-refractivity contribution in [3.63, 3.8) is 0 Å². The van der Waals surface area contributed by atoms with Gasteiger partial charge in [0.05, 0.1) is 12.2 Å². The van der Waals surface area contributed by atoms with E-state index in [1.807, 2.05) is 0 Å². The van der Waals surface area contributed by atoms with Gasteiger partial charge >= 0.3 is 17.9 Å². The Kier molecular flexibility index (Phi) is 6.70. The van der Waals surface area contributed by atoms with Crippen LogP contribution >= 0.6 is 22.6 Å². The maximum absolute atomic E-state index is 14.1. The Morgan fingerprint density at radius 2 is 1.77 bits per heavy atom. The number of benzene rings is 1. The average Bonchev–Trinajstić information content (AvgIpc) is 2.44. The summed E-state index contributed by atoms with van der Waals surface area (Å²) in [5.74, 6) is -7.25. The first-order chi connectivity index (χ1) is 10.2. The zero-order valence-corrected chi connectivity index (χ0v) is 14.6. The molecule has 4 nitrogen and oxygen atoms in total. The summed E-state index contributed by atoms with van der Waals surface area (Å²) in [6.07, 6.45) is -1.89. The third-order valence-electron chi connectivity index (χ3n) is 2.82. The van der Waals surface area contributed by atoms with Crippen molar-refractivity contribution in [3.05, 3.63) is 33.4 Å². The van der Waals surface area contributed by atoms with Crippen LogP contribution in [0.25, 0.3) is 0 Å². The molecule has 0 aliphatic rings. The lowest BCUT2D eigenvalue weighted by Gasteiger charge is -2.27. The molecule has 1 aromatic rings. The highest BCUT2D eigenvalue weighted by Gasteiger charge is 2.52. The topological polar surface area (TPSA) is 52.6 Å². The monoisotopic (exact) mass is 426 g/mol. The highest BCUT2D eigenvalue weighted by atomic mass is 127. The maximum Gasteiger partial charge on any atom is 0.381 e. The van der Waals surface area contributed by atoms with E-state index in [9.17, 15) is 18.4 Å². The zero-order chi connectivity index (χ0) is 16.9. The molecule has 0 spiro atoms. The molecule has 0 heterocycles. The van der Waals surface area contributed by atoms with Crippen LogP contribution in [0.1, 0.15) is 31.1 Å². The van der Waals surface area contributed by atoms with Gasteiger partial charge < -0.3 is 9.47 Å². The summed E-state index contributed by atoms with van der Waals surface area (Å²) in [6, 6.07) is 6.27. The molecule has 1 rings (SSSR count). The number of carbonyl (C=O) groups is 2. The maximum atomic E-state index is 14.1. The molecule has 22 heavy (non-hydrogen) atoms. The van der Waals surface area contributed by atoms with Crippen LogP contribution in [0, 0.1) is 9.49 Å². The fourth-order valence-electron chi connectivity index (χ4n) is 1.74. The summed E-state index contributed by atoms with van der Waals surface area (Å²) in [7, 11) is 0. The smallest absolute Gasteiger partial charge is 0.381 e. The number of esters is 2. The van der Waals surface area contributed by atoms with E-state index < -0.39 is 29.9 Å². The first-order valence-corrected chi connectivity index (χ1v) is 7.79. The molecule has 0 aliphatic carbocycles. The van der Waals surface area contributed by atoms with Gasteiger partial charge in [-0.2, -0.15) is 8.78 Å². The van der Waals surface area contributed by atoms with Crippen molar-refractivity contribution in [1.29, 1.82) is 0 Å². The van der Waals surface area contributed by atoms with E-state index >= 15 is 0 Å². The van der Waals surface area contributed by atoms with E-state index in [-0.39, 0.29) is 12.2 Å². The first kappa shape index (κ1) is 18.8. The second-order valence-electron chi connectivity index (χ2n) is 4.92. The Morgan fingerprint density at radius 1 is 1.23 bits per heavy atom. The molecule has 1 unspecified atom stereocenters. The van der Waals surface area contributed by atoms with Crippen LogP contribution in [-0.4, -0.2) is 30.6 Å². The fourth-order valence-corrected chi connectivity index (χ4v) is 2.10. The quantitative estimate of drug-likeness (QED) is 0.515. The second kappa shape index (κ2) is 7.85. The SMILES string of the molecule is CCOC(=O)C(F)(F)C(OC(=O)c1ccc(I)cc1)C(C)C. The highest BCUT2D eigenvalue weighted by Crippen LogP contribution is 2.29. The van der Waals surface area contributed by atoms with Crippen LogP contribution in [0.3, 0.4) is 0 Å². The van der Waals surface area contributed by atoms with Crippen molar-refractivity contribution >= 4 is 34.5 Å². The number of halogens is 3. The number of hydrogen-bond acceptors (Lipinski definition) is 4. The summed E-state index contributed by atoms with van der Waals surface area (Å²) in [4.78, 5) is 23.4. The molecule has 122 valence electrons. The summed E-state index contributed by atoms with van der Waals surface area (Å²) in [6.45, 7) is 4.14. The third kappa shape index (κ3) is 4.62. The Hall–Kier alpha value is -1.25. The zero-order valence-electron chi connectivity index (χ0n) is 12.4. The van der Waals surface area contributed by atoms with E-state index in [4.69, 9.17) is 4.74 Å². The van der Waals surface area contributed by atoms with Gasteiger partial charge in [0.25, 0.3) is 0 Å².